The summed E-state index contributed by atoms with van der Waals surface area (Å²) < 4.78 is 53.5. The molecule has 29 heavy (non-hydrogen) atoms. The highest BCUT2D eigenvalue weighted by molar-refractivity contribution is 7.91. The Morgan fingerprint density at radius 3 is 2.38 bits per heavy atom. The van der Waals surface area contributed by atoms with Gasteiger partial charge in [-0.2, -0.15) is 8.78 Å². The van der Waals surface area contributed by atoms with Gasteiger partial charge in [-0.3, -0.25) is 9.69 Å². The summed E-state index contributed by atoms with van der Waals surface area (Å²) in [5, 5.41) is 2.81. The van der Waals surface area contributed by atoms with E-state index in [1.165, 1.54) is 19.2 Å². The van der Waals surface area contributed by atoms with Crippen molar-refractivity contribution >= 4 is 21.4 Å². The minimum Gasteiger partial charge on any atom is -0.495 e. The molecule has 0 unspecified atom stereocenters. The summed E-state index contributed by atoms with van der Waals surface area (Å²) in [4.78, 5) is 13.9. The SMILES string of the molecule is CCCN(CC(=O)Nc1ccccc1OC)Cc1ccc(S(=O)(=O)C(F)F)cc1. The van der Waals surface area contributed by atoms with E-state index in [-0.39, 0.29) is 12.5 Å². The van der Waals surface area contributed by atoms with Gasteiger partial charge in [0, 0.05) is 6.54 Å². The molecule has 0 saturated heterocycles. The number of carbonyl (C=O) groups is 1. The molecule has 0 saturated carbocycles. The molecule has 0 heterocycles. The molecule has 6 nitrogen and oxygen atoms in total. The van der Waals surface area contributed by atoms with Gasteiger partial charge in [0.2, 0.25) is 15.7 Å². The highest BCUT2D eigenvalue weighted by Crippen LogP contribution is 2.23. The molecule has 0 fully saturated rings. The third kappa shape index (κ3) is 6.23. The van der Waals surface area contributed by atoms with E-state index in [0.29, 0.717) is 24.5 Å². The van der Waals surface area contributed by atoms with Gasteiger partial charge >= 0.3 is 5.76 Å². The average Bonchev–Trinajstić information content (AvgIpc) is 2.68. The van der Waals surface area contributed by atoms with Crippen LogP contribution >= 0.6 is 0 Å². The maximum Gasteiger partial charge on any atom is 0.341 e. The van der Waals surface area contributed by atoms with Gasteiger partial charge < -0.3 is 10.1 Å². The molecule has 2 aromatic carbocycles. The Hall–Kier alpha value is -2.52. The molecule has 158 valence electrons. The van der Waals surface area contributed by atoms with Gasteiger partial charge in [0.05, 0.1) is 24.2 Å². The van der Waals surface area contributed by atoms with E-state index < -0.39 is 20.5 Å². The normalized spacial score (nSPS) is 11.7. The van der Waals surface area contributed by atoms with Crippen molar-refractivity contribution in [3.05, 3.63) is 54.1 Å². The number of carbonyl (C=O) groups excluding carboxylic acids is 1. The third-order valence-electron chi connectivity index (χ3n) is 4.18. The number of anilines is 1. The van der Waals surface area contributed by atoms with Gasteiger partial charge in [-0.1, -0.05) is 31.2 Å². The molecule has 0 atom stereocenters. The summed E-state index contributed by atoms with van der Waals surface area (Å²) in [6.45, 7) is 3.10. The van der Waals surface area contributed by atoms with E-state index in [1.807, 2.05) is 11.8 Å². The molecule has 2 rings (SSSR count). The van der Waals surface area contributed by atoms with Gasteiger partial charge in [-0.05, 0) is 42.8 Å². The number of hydrogen-bond donors (Lipinski definition) is 1. The first-order valence-corrected chi connectivity index (χ1v) is 10.6. The van der Waals surface area contributed by atoms with Gasteiger partial charge in [0.15, 0.2) is 0 Å². The lowest BCUT2D eigenvalue weighted by atomic mass is 10.2. The van der Waals surface area contributed by atoms with Crippen LogP contribution in [0.1, 0.15) is 18.9 Å². The molecular formula is C20H24F2N2O4S. The number of amides is 1. The number of benzene rings is 2. The standard InChI is InChI=1S/C20H24F2N2O4S/c1-3-12-24(14-19(25)23-17-6-4-5-7-18(17)28-2)13-15-8-10-16(11-9-15)29(26,27)20(21)22/h4-11,20H,3,12-14H2,1-2H3,(H,23,25). The number of nitrogens with one attached hydrogen (secondary N) is 1. The summed E-state index contributed by atoms with van der Waals surface area (Å²) >= 11 is 0. The molecule has 1 N–H and O–H groups in total. The van der Waals surface area contributed by atoms with Gasteiger partial charge in [0.1, 0.15) is 5.75 Å². The summed E-state index contributed by atoms with van der Waals surface area (Å²) in [5.74, 6) is -3.12. The lowest BCUT2D eigenvalue weighted by Gasteiger charge is -2.21. The van der Waals surface area contributed by atoms with Crippen LogP contribution in [-0.4, -0.2) is 45.2 Å². The quantitative estimate of drug-likeness (QED) is 0.629. The van der Waals surface area contributed by atoms with Crippen LogP contribution in [0, 0.1) is 0 Å². The minimum absolute atomic E-state index is 0.114. The van der Waals surface area contributed by atoms with Crippen molar-refractivity contribution < 1.29 is 26.7 Å². The van der Waals surface area contributed by atoms with E-state index in [4.69, 9.17) is 4.74 Å². The first-order chi connectivity index (χ1) is 13.8. The topological polar surface area (TPSA) is 75.7 Å². The second kappa shape index (κ2) is 10.3. The van der Waals surface area contributed by atoms with Crippen molar-refractivity contribution in [1.82, 2.24) is 4.90 Å². The highest BCUT2D eigenvalue weighted by Gasteiger charge is 2.26. The van der Waals surface area contributed by atoms with Crippen LogP contribution < -0.4 is 10.1 Å². The Kier molecular flexibility index (Phi) is 8.10. The maximum absolute atomic E-state index is 12.6. The van der Waals surface area contributed by atoms with Crippen molar-refractivity contribution in [2.24, 2.45) is 0 Å². The smallest absolute Gasteiger partial charge is 0.341 e. The zero-order chi connectivity index (χ0) is 21.4. The number of ether oxygens (including phenoxy) is 1. The van der Waals surface area contributed by atoms with Crippen molar-refractivity contribution in [3.8, 4) is 5.75 Å². The Balaban J connectivity index is 2.05. The lowest BCUT2D eigenvalue weighted by molar-refractivity contribution is -0.117. The Morgan fingerprint density at radius 2 is 1.79 bits per heavy atom. The first-order valence-electron chi connectivity index (χ1n) is 9.04. The highest BCUT2D eigenvalue weighted by atomic mass is 32.2. The van der Waals surface area contributed by atoms with Crippen molar-refractivity contribution in [3.63, 3.8) is 0 Å². The van der Waals surface area contributed by atoms with Crippen molar-refractivity contribution in [2.45, 2.75) is 30.5 Å². The maximum atomic E-state index is 12.6. The number of halogens is 2. The fourth-order valence-corrected chi connectivity index (χ4v) is 3.54. The fourth-order valence-electron chi connectivity index (χ4n) is 2.82. The monoisotopic (exact) mass is 426 g/mol. The first kappa shape index (κ1) is 22.8. The predicted octanol–water partition coefficient (Wildman–Crippen LogP) is 3.54. The van der Waals surface area contributed by atoms with Crippen LogP contribution in [0.5, 0.6) is 5.75 Å². The second-order valence-electron chi connectivity index (χ2n) is 6.41. The molecule has 0 spiro atoms. The molecule has 1 amide bonds. The fraction of sp³-hybridized carbons (Fsp3) is 0.350. The van der Waals surface area contributed by atoms with Gasteiger partial charge in [-0.15, -0.1) is 0 Å². The van der Waals surface area contributed by atoms with Crippen molar-refractivity contribution in [2.75, 3.05) is 25.5 Å². The van der Waals surface area contributed by atoms with Gasteiger partial charge in [-0.25, -0.2) is 8.42 Å². The molecule has 0 bridgehead atoms. The molecule has 9 heteroatoms. The molecule has 0 radical (unpaired) electrons. The van der Waals surface area contributed by atoms with E-state index >= 15 is 0 Å². The van der Waals surface area contributed by atoms with E-state index in [2.05, 4.69) is 5.32 Å². The van der Waals surface area contributed by atoms with Crippen LogP contribution in [0.3, 0.4) is 0 Å². The number of sulfone groups is 1. The third-order valence-corrected chi connectivity index (χ3v) is 5.58. The molecule has 0 aliphatic rings. The summed E-state index contributed by atoms with van der Waals surface area (Å²) in [6, 6.07) is 12.4. The van der Waals surface area contributed by atoms with Gasteiger partial charge in [0.25, 0.3) is 0 Å². The zero-order valence-corrected chi connectivity index (χ0v) is 17.1. The number of methoxy groups -OCH3 is 1. The van der Waals surface area contributed by atoms with Crippen LogP contribution in [-0.2, 0) is 21.2 Å². The van der Waals surface area contributed by atoms with Crippen LogP contribution in [0.2, 0.25) is 0 Å². The second-order valence-corrected chi connectivity index (χ2v) is 8.33. The number of hydrogen-bond acceptors (Lipinski definition) is 5. The van der Waals surface area contributed by atoms with E-state index in [9.17, 15) is 22.0 Å². The number of nitrogens with zero attached hydrogens (tertiary/aromatic N) is 1. The van der Waals surface area contributed by atoms with Crippen molar-refractivity contribution in [1.29, 1.82) is 0 Å². The Labute approximate surface area is 169 Å². The van der Waals surface area contributed by atoms with E-state index in [0.717, 1.165) is 24.1 Å². The minimum atomic E-state index is -4.62. The number of para-hydroxylation sites is 2. The Morgan fingerprint density at radius 1 is 1.14 bits per heavy atom. The molecule has 2 aromatic rings. The molecular weight excluding hydrogens is 402 g/mol. The summed E-state index contributed by atoms with van der Waals surface area (Å²) in [7, 11) is -3.10. The average molecular weight is 426 g/mol. The Bertz CT molecular complexity index is 918. The number of rotatable bonds is 10. The zero-order valence-electron chi connectivity index (χ0n) is 16.3. The van der Waals surface area contributed by atoms with Crippen LogP contribution in [0.25, 0.3) is 0 Å². The predicted molar refractivity (Wildman–Crippen MR) is 107 cm³/mol. The molecule has 0 aliphatic heterocycles. The largest absolute Gasteiger partial charge is 0.495 e. The number of alkyl halides is 2. The van der Waals surface area contributed by atoms with Crippen LogP contribution in [0.15, 0.2) is 53.4 Å². The van der Waals surface area contributed by atoms with E-state index in [1.54, 1.807) is 24.3 Å². The molecule has 0 aliphatic carbocycles. The summed E-state index contributed by atoms with van der Waals surface area (Å²) in [5.41, 5.74) is 1.29. The lowest BCUT2D eigenvalue weighted by Crippen LogP contribution is -2.33. The summed E-state index contributed by atoms with van der Waals surface area (Å²) in [6.07, 6.45) is 0.805. The molecule has 0 aromatic heterocycles. The van der Waals surface area contributed by atoms with Crippen LogP contribution in [0.4, 0.5) is 14.5 Å².